The second-order valence-electron chi connectivity index (χ2n) is 3.95. The molecular weight excluding hydrogens is 273 g/mol. The van der Waals surface area contributed by atoms with Crippen LogP contribution in [0.2, 0.25) is 5.15 Å². The fourth-order valence-electron chi connectivity index (χ4n) is 1.98. The number of fused-ring (bicyclic) bond motifs is 1. The number of rotatable bonds is 1. The summed E-state index contributed by atoms with van der Waals surface area (Å²) in [6, 6.07) is 8.34. The predicted octanol–water partition coefficient (Wildman–Crippen LogP) is 4.53. The molecule has 1 aromatic carbocycles. The van der Waals surface area contributed by atoms with E-state index in [1.165, 1.54) is 23.8 Å². The molecule has 2 aromatic rings. The molecule has 0 saturated heterocycles. The van der Waals surface area contributed by atoms with E-state index in [1.54, 1.807) is 0 Å². The second kappa shape index (κ2) is 3.46. The smallest absolute Gasteiger partial charge is 0.131 e. The third-order valence-corrected chi connectivity index (χ3v) is 3.65. The minimum absolute atomic E-state index is 0.558. The van der Waals surface area contributed by atoms with E-state index in [0.717, 1.165) is 15.9 Å². The van der Waals surface area contributed by atoms with Crippen molar-refractivity contribution in [3.8, 4) is 0 Å². The van der Waals surface area contributed by atoms with Gasteiger partial charge in [-0.2, -0.15) is 0 Å². The van der Waals surface area contributed by atoms with Gasteiger partial charge in [-0.1, -0.05) is 29.8 Å². The van der Waals surface area contributed by atoms with Crippen molar-refractivity contribution in [2.75, 3.05) is 0 Å². The van der Waals surface area contributed by atoms with Crippen LogP contribution in [0.25, 0.3) is 10.8 Å². The molecule has 3 heteroatoms. The van der Waals surface area contributed by atoms with Gasteiger partial charge in [0.1, 0.15) is 9.76 Å². The zero-order chi connectivity index (χ0) is 10.4. The van der Waals surface area contributed by atoms with Crippen molar-refractivity contribution in [1.29, 1.82) is 0 Å². The summed E-state index contributed by atoms with van der Waals surface area (Å²) in [5, 5.41) is 2.96. The topological polar surface area (TPSA) is 12.9 Å². The van der Waals surface area contributed by atoms with Gasteiger partial charge in [-0.05, 0) is 51.7 Å². The fraction of sp³-hybridized carbons (Fsp3) is 0.250. The number of halogens is 2. The van der Waals surface area contributed by atoms with Crippen LogP contribution in [-0.2, 0) is 0 Å². The molecule has 1 heterocycles. The SMILES string of the molecule is Clc1cc2c(C3CC3)cccc2c(Br)n1. The van der Waals surface area contributed by atoms with Crippen molar-refractivity contribution < 1.29 is 0 Å². The van der Waals surface area contributed by atoms with E-state index < -0.39 is 0 Å². The molecule has 3 rings (SSSR count). The molecule has 0 unspecified atom stereocenters. The van der Waals surface area contributed by atoms with Gasteiger partial charge in [0, 0.05) is 5.39 Å². The molecule has 15 heavy (non-hydrogen) atoms. The highest BCUT2D eigenvalue weighted by atomic mass is 79.9. The van der Waals surface area contributed by atoms with Crippen molar-refractivity contribution in [2.24, 2.45) is 0 Å². The molecular formula is C12H9BrClN. The summed E-state index contributed by atoms with van der Waals surface area (Å²) < 4.78 is 0.840. The average Bonchev–Trinajstić information content (AvgIpc) is 3.00. The first kappa shape index (κ1) is 9.61. The maximum absolute atomic E-state index is 5.98. The second-order valence-corrected chi connectivity index (χ2v) is 5.09. The van der Waals surface area contributed by atoms with Gasteiger partial charge in [0.05, 0.1) is 0 Å². The molecule has 0 amide bonds. The Hall–Kier alpha value is -0.600. The quantitative estimate of drug-likeness (QED) is 0.700. The van der Waals surface area contributed by atoms with Crippen molar-refractivity contribution >= 4 is 38.3 Å². The Kier molecular flexibility index (Phi) is 2.22. The van der Waals surface area contributed by atoms with Gasteiger partial charge < -0.3 is 0 Å². The molecule has 0 spiro atoms. The summed E-state index contributed by atoms with van der Waals surface area (Å²) in [5.41, 5.74) is 1.41. The van der Waals surface area contributed by atoms with Crippen LogP contribution < -0.4 is 0 Å². The summed E-state index contributed by atoms with van der Waals surface area (Å²) in [6.45, 7) is 0. The van der Waals surface area contributed by atoms with E-state index in [4.69, 9.17) is 11.6 Å². The largest absolute Gasteiger partial charge is 0.229 e. The summed E-state index contributed by atoms with van der Waals surface area (Å²) in [7, 11) is 0. The molecule has 1 saturated carbocycles. The highest BCUT2D eigenvalue weighted by Crippen LogP contribution is 2.44. The van der Waals surface area contributed by atoms with Crippen LogP contribution in [-0.4, -0.2) is 4.98 Å². The van der Waals surface area contributed by atoms with Crippen LogP contribution in [0.4, 0.5) is 0 Å². The Bertz CT molecular complexity index is 534. The van der Waals surface area contributed by atoms with Crippen molar-refractivity contribution in [1.82, 2.24) is 4.98 Å². The molecule has 1 aliphatic rings. The fourth-order valence-corrected chi connectivity index (χ4v) is 2.81. The zero-order valence-electron chi connectivity index (χ0n) is 8.00. The Labute approximate surface area is 102 Å². The molecule has 0 N–H and O–H groups in total. The maximum atomic E-state index is 5.98. The Morgan fingerprint density at radius 1 is 1.27 bits per heavy atom. The van der Waals surface area contributed by atoms with E-state index in [-0.39, 0.29) is 0 Å². The predicted molar refractivity (Wildman–Crippen MR) is 66.4 cm³/mol. The van der Waals surface area contributed by atoms with Crippen LogP contribution in [0, 0.1) is 0 Å². The number of benzene rings is 1. The minimum atomic E-state index is 0.558. The van der Waals surface area contributed by atoms with Gasteiger partial charge >= 0.3 is 0 Å². The molecule has 0 radical (unpaired) electrons. The molecule has 0 aliphatic heterocycles. The molecule has 1 fully saturated rings. The van der Waals surface area contributed by atoms with E-state index in [1.807, 2.05) is 6.07 Å². The monoisotopic (exact) mass is 281 g/mol. The number of aromatic nitrogens is 1. The third-order valence-electron chi connectivity index (χ3n) is 2.85. The standard InChI is InChI=1S/C12H9BrClN/c13-12-9-3-1-2-8(7-4-5-7)10(9)6-11(14)15-12/h1-3,6-7H,4-5H2. The first-order valence-corrected chi connectivity index (χ1v) is 6.17. The van der Waals surface area contributed by atoms with Crippen LogP contribution in [0.5, 0.6) is 0 Å². The number of hydrogen-bond donors (Lipinski definition) is 0. The van der Waals surface area contributed by atoms with Gasteiger partial charge in [-0.3, -0.25) is 0 Å². The molecule has 1 aliphatic carbocycles. The van der Waals surface area contributed by atoms with Crippen molar-refractivity contribution in [3.63, 3.8) is 0 Å². The van der Waals surface area contributed by atoms with E-state index in [0.29, 0.717) is 5.15 Å². The lowest BCUT2D eigenvalue weighted by molar-refractivity contribution is 1.15. The highest BCUT2D eigenvalue weighted by Gasteiger charge is 2.25. The molecule has 0 atom stereocenters. The van der Waals surface area contributed by atoms with Crippen LogP contribution in [0.1, 0.15) is 24.3 Å². The van der Waals surface area contributed by atoms with E-state index >= 15 is 0 Å². The maximum Gasteiger partial charge on any atom is 0.131 e. The van der Waals surface area contributed by atoms with E-state index in [9.17, 15) is 0 Å². The lowest BCUT2D eigenvalue weighted by Crippen LogP contribution is -1.87. The van der Waals surface area contributed by atoms with Gasteiger partial charge in [0.15, 0.2) is 0 Å². The summed E-state index contributed by atoms with van der Waals surface area (Å²) in [6.07, 6.45) is 2.60. The van der Waals surface area contributed by atoms with Gasteiger partial charge in [0.25, 0.3) is 0 Å². The van der Waals surface area contributed by atoms with Gasteiger partial charge in [-0.15, -0.1) is 0 Å². The van der Waals surface area contributed by atoms with Gasteiger partial charge in [-0.25, -0.2) is 4.98 Å². The Morgan fingerprint density at radius 3 is 2.80 bits per heavy atom. The number of nitrogens with zero attached hydrogens (tertiary/aromatic N) is 1. The first-order valence-electron chi connectivity index (χ1n) is 5.00. The Balaban J connectivity index is 2.36. The molecule has 76 valence electrons. The summed E-state index contributed by atoms with van der Waals surface area (Å²) in [4.78, 5) is 4.20. The molecule has 0 bridgehead atoms. The summed E-state index contributed by atoms with van der Waals surface area (Å²) >= 11 is 9.44. The molecule has 1 nitrogen and oxygen atoms in total. The minimum Gasteiger partial charge on any atom is -0.229 e. The molecule has 1 aromatic heterocycles. The zero-order valence-corrected chi connectivity index (χ0v) is 10.3. The lowest BCUT2D eigenvalue weighted by Gasteiger charge is -2.06. The van der Waals surface area contributed by atoms with Crippen LogP contribution in [0.3, 0.4) is 0 Å². The first-order chi connectivity index (χ1) is 7.25. The van der Waals surface area contributed by atoms with Crippen molar-refractivity contribution in [2.45, 2.75) is 18.8 Å². The normalized spacial score (nSPS) is 15.9. The van der Waals surface area contributed by atoms with Gasteiger partial charge in [0.2, 0.25) is 0 Å². The summed E-state index contributed by atoms with van der Waals surface area (Å²) in [5.74, 6) is 0.735. The third kappa shape index (κ3) is 1.66. The highest BCUT2D eigenvalue weighted by molar-refractivity contribution is 9.10. The lowest BCUT2D eigenvalue weighted by atomic mass is 10.0. The average molecular weight is 283 g/mol. The van der Waals surface area contributed by atoms with Crippen molar-refractivity contribution in [3.05, 3.63) is 39.6 Å². The van der Waals surface area contributed by atoms with Crippen LogP contribution in [0.15, 0.2) is 28.9 Å². The van der Waals surface area contributed by atoms with Crippen LogP contribution >= 0.6 is 27.5 Å². The van der Waals surface area contributed by atoms with E-state index in [2.05, 4.69) is 39.1 Å². The Morgan fingerprint density at radius 2 is 2.07 bits per heavy atom. The number of pyridine rings is 1. The number of hydrogen-bond acceptors (Lipinski definition) is 1.